The van der Waals surface area contributed by atoms with Crippen LogP contribution in [0.15, 0.2) is 127 Å². The van der Waals surface area contributed by atoms with Crippen LogP contribution in [0.1, 0.15) is 53.5 Å². The van der Waals surface area contributed by atoms with Gasteiger partial charge in [-0.3, -0.25) is 14.5 Å². The molecule has 0 unspecified atom stereocenters. The molecule has 2 aliphatic rings. The van der Waals surface area contributed by atoms with E-state index < -0.39 is 14.4 Å². The SMILES string of the molecule is CC(C)(C)[Si](O[C@H]1C[C@H](N2C(=O)c3ccccc3C2=O)C=C1COCc1ccccc1)(c1ccccc1)c1ccccc1. The second kappa shape index (κ2) is 11.9. The van der Waals surface area contributed by atoms with Crippen LogP contribution in [0, 0.1) is 0 Å². The fourth-order valence-corrected chi connectivity index (χ4v) is 11.2. The maximum absolute atomic E-state index is 13.5. The molecule has 0 spiro atoms. The van der Waals surface area contributed by atoms with Crippen molar-refractivity contribution < 1.29 is 18.8 Å². The third kappa shape index (κ3) is 5.42. The largest absolute Gasteiger partial charge is 0.401 e. The Balaban J connectivity index is 1.38. The van der Waals surface area contributed by atoms with E-state index in [1.165, 1.54) is 15.3 Å². The van der Waals surface area contributed by atoms with Crippen molar-refractivity contribution in [2.75, 3.05) is 6.61 Å². The normalized spacial score (nSPS) is 18.6. The highest BCUT2D eigenvalue weighted by molar-refractivity contribution is 6.99. The molecule has 0 bridgehead atoms. The van der Waals surface area contributed by atoms with Gasteiger partial charge < -0.3 is 9.16 Å². The summed E-state index contributed by atoms with van der Waals surface area (Å²) in [7, 11) is -2.91. The van der Waals surface area contributed by atoms with Crippen LogP contribution in [0.5, 0.6) is 0 Å². The zero-order valence-corrected chi connectivity index (χ0v) is 25.9. The Bertz CT molecular complexity index is 1560. The lowest BCUT2D eigenvalue weighted by molar-refractivity contribution is 0.0595. The van der Waals surface area contributed by atoms with Gasteiger partial charge in [0.2, 0.25) is 0 Å². The number of rotatable bonds is 9. The first-order valence-corrected chi connectivity index (χ1v) is 16.8. The van der Waals surface area contributed by atoms with Crippen molar-refractivity contribution in [3.8, 4) is 0 Å². The lowest BCUT2D eigenvalue weighted by Gasteiger charge is -2.45. The second-order valence-electron chi connectivity index (χ2n) is 12.3. The van der Waals surface area contributed by atoms with Crippen molar-refractivity contribution in [3.63, 3.8) is 0 Å². The fraction of sp³-hybridized carbons (Fsp3) is 0.243. The summed E-state index contributed by atoms with van der Waals surface area (Å²) in [5, 5.41) is 2.14. The predicted octanol–water partition coefficient (Wildman–Crippen LogP) is 6.14. The van der Waals surface area contributed by atoms with Gasteiger partial charge >= 0.3 is 0 Å². The van der Waals surface area contributed by atoms with Gasteiger partial charge in [0.05, 0.1) is 36.5 Å². The van der Waals surface area contributed by atoms with Gasteiger partial charge in [-0.2, -0.15) is 0 Å². The van der Waals surface area contributed by atoms with Crippen molar-refractivity contribution in [2.45, 2.75) is 51.0 Å². The molecule has 0 saturated heterocycles. The molecule has 4 aromatic carbocycles. The number of hydrogen-bond donors (Lipinski definition) is 0. The molecular weight excluding hydrogens is 550 g/mol. The van der Waals surface area contributed by atoms with E-state index in [1.807, 2.05) is 48.5 Å². The Morgan fingerprint density at radius 3 is 1.70 bits per heavy atom. The van der Waals surface area contributed by atoms with Crippen molar-refractivity contribution in [1.82, 2.24) is 4.90 Å². The Morgan fingerprint density at radius 2 is 1.19 bits per heavy atom. The molecule has 5 nitrogen and oxygen atoms in total. The van der Waals surface area contributed by atoms with E-state index in [9.17, 15) is 9.59 Å². The van der Waals surface area contributed by atoms with Crippen LogP contribution < -0.4 is 10.4 Å². The second-order valence-corrected chi connectivity index (χ2v) is 16.6. The molecule has 1 aliphatic carbocycles. The molecule has 2 amide bonds. The number of amides is 2. The van der Waals surface area contributed by atoms with Crippen LogP contribution in [0.4, 0.5) is 0 Å². The Morgan fingerprint density at radius 1 is 0.698 bits per heavy atom. The molecule has 0 saturated carbocycles. The van der Waals surface area contributed by atoms with Crippen molar-refractivity contribution in [2.24, 2.45) is 0 Å². The van der Waals surface area contributed by atoms with Gasteiger partial charge in [-0.1, -0.05) is 130 Å². The lowest BCUT2D eigenvalue weighted by Crippen LogP contribution is -2.67. The maximum atomic E-state index is 13.5. The summed E-state index contributed by atoms with van der Waals surface area (Å²) in [4.78, 5) is 28.4. The molecule has 0 N–H and O–H groups in total. The number of carbonyl (C=O) groups is 2. The number of imide groups is 1. The van der Waals surface area contributed by atoms with E-state index in [4.69, 9.17) is 9.16 Å². The van der Waals surface area contributed by atoms with Crippen LogP contribution >= 0.6 is 0 Å². The zero-order chi connectivity index (χ0) is 30.0. The summed E-state index contributed by atoms with van der Waals surface area (Å²) in [6.45, 7) is 7.57. The average molecular weight is 588 g/mol. The number of nitrogens with zero attached hydrogens (tertiary/aromatic N) is 1. The summed E-state index contributed by atoms with van der Waals surface area (Å²) >= 11 is 0. The van der Waals surface area contributed by atoms with Crippen molar-refractivity contribution >= 4 is 30.5 Å². The van der Waals surface area contributed by atoms with Gasteiger partial charge in [0, 0.05) is 6.42 Å². The molecule has 0 aromatic heterocycles. The van der Waals surface area contributed by atoms with E-state index >= 15 is 0 Å². The summed E-state index contributed by atoms with van der Waals surface area (Å²) in [5.74, 6) is -0.505. The molecule has 43 heavy (non-hydrogen) atoms. The first-order chi connectivity index (χ1) is 20.8. The molecule has 6 rings (SSSR count). The number of benzene rings is 4. The summed E-state index contributed by atoms with van der Waals surface area (Å²) in [6, 6.07) is 37.8. The number of fused-ring (bicyclic) bond motifs is 1. The molecule has 6 heteroatoms. The Kier molecular flexibility index (Phi) is 8.01. The maximum Gasteiger partial charge on any atom is 0.262 e. The van der Waals surface area contributed by atoms with Crippen molar-refractivity contribution in [3.05, 3.63) is 144 Å². The number of hydrogen-bond acceptors (Lipinski definition) is 4. The zero-order valence-electron chi connectivity index (χ0n) is 24.9. The molecule has 2 atom stereocenters. The van der Waals surface area contributed by atoms with Crippen LogP contribution in [-0.4, -0.2) is 43.8 Å². The molecule has 218 valence electrons. The monoisotopic (exact) mass is 587 g/mol. The Labute approximate surface area is 254 Å². The minimum absolute atomic E-state index is 0.223. The lowest BCUT2D eigenvalue weighted by atomic mass is 10.1. The van der Waals surface area contributed by atoms with Crippen LogP contribution in [-0.2, 0) is 15.8 Å². The van der Waals surface area contributed by atoms with Crippen LogP contribution in [0.25, 0.3) is 0 Å². The van der Waals surface area contributed by atoms with Crippen molar-refractivity contribution in [1.29, 1.82) is 0 Å². The standard InChI is InChI=1S/C37H37NO4Si/c1-37(2,3)43(30-17-9-5-10-18-30,31-19-11-6-12-20-31)42-34-24-29(23-28(34)26-41-25-27-15-7-4-8-16-27)38-35(39)32-21-13-14-22-33(32)36(38)40/h4-23,29,34H,24-26H2,1-3H3/t29-,34+/m1/s1. The average Bonchev–Trinajstić information content (AvgIpc) is 3.53. The van der Waals surface area contributed by atoms with Crippen LogP contribution in [0.3, 0.4) is 0 Å². The summed E-state index contributed by atoms with van der Waals surface area (Å²) < 4.78 is 13.8. The van der Waals surface area contributed by atoms with E-state index in [0.717, 1.165) is 11.1 Å². The molecule has 0 radical (unpaired) electrons. The highest BCUT2D eigenvalue weighted by Crippen LogP contribution is 2.41. The van der Waals surface area contributed by atoms with E-state index in [-0.39, 0.29) is 23.0 Å². The molecule has 4 aromatic rings. The van der Waals surface area contributed by atoms with E-state index in [0.29, 0.717) is 30.8 Å². The number of ether oxygens (including phenoxy) is 1. The smallest absolute Gasteiger partial charge is 0.262 e. The van der Waals surface area contributed by atoms with Gasteiger partial charge in [-0.15, -0.1) is 0 Å². The minimum atomic E-state index is -2.91. The van der Waals surface area contributed by atoms with Crippen LogP contribution in [0.2, 0.25) is 5.04 Å². The fourth-order valence-electron chi connectivity index (χ4n) is 6.51. The first kappa shape index (κ1) is 29.0. The van der Waals surface area contributed by atoms with E-state index in [1.54, 1.807) is 24.3 Å². The highest BCUT2D eigenvalue weighted by atomic mass is 28.4. The van der Waals surface area contributed by atoms with E-state index in [2.05, 4.69) is 69.3 Å². The molecule has 1 heterocycles. The Hall–Kier alpha value is -4.10. The van der Waals surface area contributed by atoms with Gasteiger partial charge in [-0.25, -0.2) is 0 Å². The third-order valence-corrected chi connectivity index (χ3v) is 13.6. The number of carbonyl (C=O) groups excluding carboxylic acids is 2. The minimum Gasteiger partial charge on any atom is -0.401 e. The molecule has 1 aliphatic heterocycles. The van der Waals surface area contributed by atoms with Gasteiger partial charge in [0.25, 0.3) is 20.1 Å². The first-order valence-electron chi connectivity index (χ1n) is 14.9. The van der Waals surface area contributed by atoms with Gasteiger partial charge in [-0.05, 0) is 38.7 Å². The highest BCUT2D eigenvalue weighted by Gasteiger charge is 2.53. The topological polar surface area (TPSA) is 55.8 Å². The third-order valence-electron chi connectivity index (χ3n) is 8.55. The molecule has 0 fully saturated rings. The summed E-state index contributed by atoms with van der Waals surface area (Å²) in [6.07, 6.45) is 2.19. The molecular formula is C37H37NO4Si. The summed E-state index contributed by atoms with van der Waals surface area (Å²) in [5.41, 5.74) is 2.96. The van der Waals surface area contributed by atoms with Gasteiger partial charge in [0.15, 0.2) is 0 Å². The quantitative estimate of drug-likeness (QED) is 0.134. The van der Waals surface area contributed by atoms with Gasteiger partial charge in [0.1, 0.15) is 0 Å². The predicted molar refractivity (Wildman–Crippen MR) is 172 cm³/mol.